The lowest BCUT2D eigenvalue weighted by atomic mass is 10.5. The number of hydrogen-bond donors (Lipinski definition) is 0. The van der Waals surface area contributed by atoms with Crippen molar-refractivity contribution in [3.05, 3.63) is 16.4 Å². The van der Waals surface area contributed by atoms with Crippen LogP contribution in [0.15, 0.2) is 15.9 Å². The van der Waals surface area contributed by atoms with Crippen LogP contribution in [0.5, 0.6) is 0 Å². The summed E-state index contributed by atoms with van der Waals surface area (Å²) >= 11 is 14.8. The van der Waals surface area contributed by atoms with Crippen LogP contribution in [0, 0.1) is 0 Å². The fourth-order valence-electron chi connectivity index (χ4n) is 0.721. The molecule has 66 valence electrons. The van der Waals surface area contributed by atoms with Gasteiger partial charge in [-0.3, -0.25) is 0 Å². The molecule has 1 nitrogen and oxygen atoms in total. The van der Waals surface area contributed by atoms with E-state index in [9.17, 15) is 0 Å². The van der Waals surface area contributed by atoms with Gasteiger partial charge in [-0.25, -0.2) is 4.98 Å². The van der Waals surface area contributed by atoms with Crippen LogP contribution in [0.2, 0.25) is 10.3 Å². The summed E-state index contributed by atoms with van der Waals surface area (Å²) in [5.41, 5.74) is 0. The predicted octanol–water partition coefficient (Wildman–Crippen LogP) is 3.83. The highest BCUT2D eigenvalue weighted by atomic mass is 35.5. The van der Waals surface area contributed by atoms with Crippen LogP contribution in [-0.2, 0) is 0 Å². The molecule has 0 aliphatic rings. The van der Waals surface area contributed by atoms with Crippen molar-refractivity contribution >= 4 is 46.7 Å². The van der Waals surface area contributed by atoms with Crippen LogP contribution in [0.4, 0.5) is 0 Å². The lowest BCUT2D eigenvalue weighted by molar-refractivity contribution is 1.16. The highest BCUT2D eigenvalue weighted by molar-refractivity contribution is 7.99. The Labute approximate surface area is 90.2 Å². The van der Waals surface area contributed by atoms with E-state index >= 15 is 0 Å². The number of thioether (sulfide) groups is 2. The molecule has 0 saturated carbocycles. The minimum absolute atomic E-state index is 0.477. The number of rotatable bonds is 2. The Morgan fingerprint density at radius 3 is 1.83 bits per heavy atom. The van der Waals surface area contributed by atoms with Gasteiger partial charge in [-0.15, -0.1) is 23.5 Å². The molecule has 1 aromatic rings. The molecule has 0 aliphatic carbocycles. The normalized spacial score (nSPS) is 10.3. The maximum Gasteiger partial charge on any atom is 0.144 e. The minimum atomic E-state index is 0.477. The van der Waals surface area contributed by atoms with E-state index in [1.54, 1.807) is 23.5 Å². The van der Waals surface area contributed by atoms with Crippen molar-refractivity contribution in [2.45, 2.75) is 9.79 Å². The van der Waals surface area contributed by atoms with Gasteiger partial charge in [-0.05, 0) is 18.6 Å². The molecule has 5 heteroatoms. The van der Waals surface area contributed by atoms with Crippen molar-refractivity contribution in [2.24, 2.45) is 0 Å². The molecule has 0 fully saturated rings. The largest absolute Gasteiger partial charge is 0.222 e. The summed E-state index contributed by atoms with van der Waals surface area (Å²) in [5.74, 6) is 0. The fraction of sp³-hybridized carbons (Fsp3) is 0.286. The zero-order chi connectivity index (χ0) is 9.14. The van der Waals surface area contributed by atoms with E-state index in [1.807, 2.05) is 18.6 Å². The fourth-order valence-corrected chi connectivity index (χ4v) is 2.48. The van der Waals surface area contributed by atoms with Gasteiger partial charge in [0.1, 0.15) is 10.3 Å². The lowest BCUT2D eigenvalue weighted by Crippen LogP contribution is -1.84. The first-order valence-electron chi connectivity index (χ1n) is 3.13. The maximum atomic E-state index is 5.83. The van der Waals surface area contributed by atoms with Crippen LogP contribution in [-0.4, -0.2) is 17.5 Å². The van der Waals surface area contributed by atoms with Gasteiger partial charge in [0.05, 0.1) is 0 Å². The average Bonchev–Trinajstić information content (AvgIpc) is 2.05. The highest BCUT2D eigenvalue weighted by Gasteiger charge is 2.06. The van der Waals surface area contributed by atoms with E-state index < -0.39 is 0 Å². The molecule has 0 aromatic carbocycles. The van der Waals surface area contributed by atoms with E-state index in [4.69, 9.17) is 23.2 Å². The molecule has 12 heavy (non-hydrogen) atoms. The van der Waals surface area contributed by atoms with E-state index in [0.29, 0.717) is 10.3 Å². The number of halogens is 2. The van der Waals surface area contributed by atoms with Gasteiger partial charge in [0.15, 0.2) is 0 Å². The zero-order valence-corrected chi connectivity index (χ0v) is 9.74. The Balaban J connectivity index is 3.18. The first-order chi connectivity index (χ1) is 5.69. The van der Waals surface area contributed by atoms with Gasteiger partial charge in [0, 0.05) is 9.79 Å². The molecule has 1 heterocycles. The van der Waals surface area contributed by atoms with Crippen molar-refractivity contribution in [3.8, 4) is 0 Å². The van der Waals surface area contributed by atoms with Gasteiger partial charge in [0.25, 0.3) is 0 Å². The molecule has 1 rings (SSSR count). The van der Waals surface area contributed by atoms with Crippen molar-refractivity contribution in [2.75, 3.05) is 12.5 Å². The quantitative estimate of drug-likeness (QED) is 0.576. The first kappa shape index (κ1) is 10.5. The Bertz CT molecular complexity index is 266. The topological polar surface area (TPSA) is 12.9 Å². The van der Waals surface area contributed by atoms with Crippen LogP contribution in [0.25, 0.3) is 0 Å². The van der Waals surface area contributed by atoms with Crippen LogP contribution in [0.3, 0.4) is 0 Å². The Morgan fingerprint density at radius 1 is 1.08 bits per heavy atom. The molecule has 0 N–H and O–H groups in total. The lowest BCUT2D eigenvalue weighted by Gasteiger charge is -2.03. The molecule has 0 unspecified atom stereocenters. The second-order valence-corrected chi connectivity index (χ2v) is 4.39. The van der Waals surface area contributed by atoms with Crippen molar-refractivity contribution in [3.63, 3.8) is 0 Å². The first-order valence-corrected chi connectivity index (χ1v) is 6.33. The number of hydrogen-bond acceptors (Lipinski definition) is 3. The summed E-state index contributed by atoms with van der Waals surface area (Å²) in [6.07, 6.45) is 3.92. The highest BCUT2D eigenvalue weighted by Crippen LogP contribution is 2.32. The van der Waals surface area contributed by atoms with Crippen molar-refractivity contribution in [1.82, 2.24) is 4.98 Å². The Morgan fingerprint density at radius 2 is 1.50 bits per heavy atom. The summed E-state index contributed by atoms with van der Waals surface area (Å²) in [4.78, 5) is 5.93. The standard InChI is InChI=1S/C7H7Cl2NS2/c1-11-4-3-5(12-2)7(9)10-6(4)8/h3H,1-2H3. The SMILES string of the molecule is CSc1cc(SC)c(Cl)nc1Cl. The molecule has 0 radical (unpaired) electrons. The second-order valence-electron chi connectivity index (χ2n) is 1.97. The minimum Gasteiger partial charge on any atom is -0.222 e. The molecule has 1 aromatic heterocycles. The van der Waals surface area contributed by atoms with Gasteiger partial charge in [0.2, 0.25) is 0 Å². The third kappa shape index (κ3) is 2.22. The van der Waals surface area contributed by atoms with Crippen LogP contribution in [0.1, 0.15) is 0 Å². The van der Waals surface area contributed by atoms with E-state index in [-0.39, 0.29) is 0 Å². The van der Waals surface area contributed by atoms with Crippen molar-refractivity contribution < 1.29 is 0 Å². The van der Waals surface area contributed by atoms with E-state index in [1.165, 1.54) is 0 Å². The van der Waals surface area contributed by atoms with Crippen LogP contribution >= 0.6 is 46.7 Å². The number of pyridine rings is 1. The van der Waals surface area contributed by atoms with Gasteiger partial charge < -0.3 is 0 Å². The molecule has 0 saturated heterocycles. The molecular formula is C7H7Cl2NS2. The summed E-state index contributed by atoms with van der Waals surface area (Å²) < 4.78 is 0. The van der Waals surface area contributed by atoms with Gasteiger partial charge in [-0.1, -0.05) is 23.2 Å². The van der Waals surface area contributed by atoms with Crippen molar-refractivity contribution in [1.29, 1.82) is 0 Å². The molecule has 0 atom stereocenters. The van der Waals surface area contributed by atoms with Crippen LogP contribution < -0.4 is 0 Å². The zero-order valence-electron chi connectivity index (χ0n) is 6.60. The van der Waals surface area contributed by atoms with E-state index in [2.05, 4.69) is 4.98 Å². The summed E-state index contributed by atoms with van der Waals surface area (Å²) in [6.45, 7) is 0. The van der Waals surface area contributed by atoms with Gasteiger partial charge in [-0.2, -0.15) is 0 Å². The molecule has 0 bridgehead atoms. The summed E-state index contributed by atoms with van der Waals surface area (Å²) in [6, 6.07) is 1.95. The second kappa shape index (κ2) is 4.61. The molecule has 0 aliphatic heterocycles. The summed E-state index contributed by atoms with van der Waals surface area (Å²) in [5, 5.41) is 0.954. The maximum absolute atomic E-state index is 5.83. The summed E-state index contributed by atoms with van der Waals surface area (Å²) in [7, 11) is 0. The third-order valence-corrected chi connectivity index (χ3v) is 3.61. The molecule has 0 amide bonds. The number of nitrogens with zero attached hydrogens (tertiary/aromatic N) is 1. The predicted molar refractivity (Wildman–Crippen MR) is 57.8 cm³/mol. The monoisotopic (exact) mass is 239 g/mol. The smallest absolute Gasteiger partial charge is 0.144 e. The van der Waals surface area contributed by atoms with E-state index in [0.717, 1.165) is 9.79 Å². The average molecular weight is 240 g/mol. The number of aromatic nitrogens is 1. The third-order valence-electron chi connectivity index (χ3n) is 1.30. The Kier molecular flexibility index (Phi) is 4.03. The molecule has 0 spiro atoms. The van der Waals surface area contributed by atoms with Gasteiger partial charge >= 0.3 is 0 Å². The molecular weight excluding hydrogens is 233 g/mol. The Hall–Kier alpha value is 0.430.